The Morgan fingerprint density at radius 1 is 1.53 bits per heavy atom. The Hall–Kier alpha value is -1.26. The highest BCUT2D eigenvalue weighted by molar-refractivity contribution is 6.31. The van der Waals surface area contributed by atoms with Crippen molar-refractivity contribution in [3.8, 4) is 5.75 Å². The number of carbonyl (C=O) groups excluding carboxylic acids is 1. The Labute approximate surface area is 106 Å². The van der Waals surface area contributed by atoms with Gasteiger partial charge in [0.15, 0.2) is 6.10 Å². The second kappa shape index (κ2) is 6.47. The Balaban J connectivity index is 2.90. The molecule has 5 heteroatoms. The molecule has 0 aliphatic carbocycles. The van der Waals surface area contributed by atoms with Gasteiger partial charge in [-0.3, -0.25) is 0 Å². The van der Waals surface area contributed by atoms with Crippen LogP contribution in [0.5, 0.6) is 5.75 Å². The first-order chi connectivity index (χ1) is 8.10. The van der Waals surface area contributed by atoms with Crippen molar-refractivity contribution >= 4 is 17.6 Å². The fraction of sp³-hybridized carbons (Fsp3) is 0.417. The molecule has 1 unspecified atom stereocenters. The average molecular weight is 258 g/mol. The molecule has 1 N–H and O–H groups in total. The van der Waals surface area contributed by atoms with Crippen molar-refractivity contribution in [3.05, 3.63) is 28.8 Å². The molecule has 94 valence electrons. The molecule has 1 rings (SSSR count). The molecule has 1 aromatic carbocycles. The number of nitrogens with one attached hydrogen (secondary N) is 1. The minimum atomic E-state index is -0.658. The summed E-state index contributed by atoms with van der Waals surface area (Å²) in [6.45, 7) is 2.21. The molecule has 0 aliphatic heterocycles. The van der Waals surface area contributed by atoms with Crippen LogP contribution in [0.15, 0.2) is 18.2 Å². The van der Waals surface area contributed by atoms with Crippen molar-refractivity contribution < 1.29 is 14.3 Å². The van der Waals surface area contributed by atoms with Crippen LogP contribution < -0.4 is 10.1 Å². The highest BCUT2D eigenvalue weighted by Gasteiger charge is 2.17. The highest BCUT2D eigenvalue weighted by Crippen LogP contribution is 2.27. The molecule has 0 bridgehead atoms. The molecule has 0 saturated carbocycles. The lowest BCUT2D eigenvalue weighted by Gasteiger charge is -2.16. The third-order valence-electron chi connectivity index (χ3n) is 2.27. The van der Waals surface area contributed by atoms with Gasteiger partial charge in [0.2, 0.25) is 0 Å². The van der Waals surface area contributed by atoms with Crippen molar-refractivity contribution in [2.24, 2.45) is 0 Å². The number of halogens is 1. The first-order valence-electron chi connectivity index (χ1n) is 5.26. The van der Waals surface area contributed by atoms with Crippen LogP contribution in [0.4, 0.5) is 0 Å². The van der Waals surface area contributed by atoms with Crippen LogP contribution in [0, 0.1) is 0 Å². The highest BCUT2D eigenvalue weighted by atomic mass is 35.5. The fourth-order valence-electron chi connectivity index (χ4n) is 1.40. The molecule has 1 aromatic rings. The average Bonchev–Trinajstić information content (AvgIpc) is 2.32. The minimum Gasteiger partial charge on any atom is -0.479 e. The van der Waals surface area contributed by atoms with Crippen LogP contribution in [-0.2, 0) is 16.1 Å². The zero-order chi connectivity index (χ0) is 12.8. The predicted molar refractivity (Wildman–Crippen MR) is 66.3 cm³/mol. The van der Waals surface area contributed by atoms with Gasteiger partial charge in [-0.2, -0.15) is 0 Å². The lowest BCUT2D eigenvalue weighted by molar-refractivity contribution is -0.147. The van der Waals surface area contributed by atoms with Crippen LogP contribution in [-0.4, -0.2) is 26.2 Å². The lowest BCUT2D eigenvalue weighted by Crippen LogP contribution is -2.25. The molecule has 0 radical (unpaired) electrons. The largest absolute Gasteiger partial charge is 0.479 e. The number of ether oxygens (including phenoxy) is 2. The van der Waals surface area contributed by atoms with E-state index >= 15 is 0 Å². The van der Waals surface area contributed by atoms with Crippen LogP contribution in [0.1, 0.15) is 12.5 Å². The van der Waals surface area contributed by atoms with Gasteiger partial charge in [0.25, 0.3) is 0 Å². The van der Waals surface area contributed by atoms with Crippen molar-refractivity contribution in [1.29, 1.82) is 0 Å². The number of rotatable bonds is 5. The standard InChI is InChI=1S/C12H16ClNO3/c1-8(12(15)16-3)17-11-6-4-5-10(13)9(11)7-14-2/h4-6,8,14H,7H2,1-3H3. The Morgan fingerprint density at radius 3 is 2.82 bits per heavy atom. The maximum absolute atomic E-state index is 11.3. The van der Waals surface area contributed by atoms with Crippen molar-refractivity contribution in [2.45, 2.75) is 19.6 Å². The normalized spacial score (nSPS) is 12.0. The summed E-state index contributed by atoms with van der Waals surface area (Å²) in [6.07, 6.45) is -0.658. The third-order valence-corrected chi connectivity index (χ3v) is 2.62. The third kappa shape index (κ3) is 3.61. The summed E-state index contributed by atoms with van der Waals surface area (Å²) < 4.78 is 10.1. The smallest absolute Gasteiger partial charge is 0.346 e. The summed E-state index contributed by atoms with van der Waals surface area (Å²) in [5, 5.41) is 3.61. The summed E-state index contributed by atoms with van der Waals surface area (Å²) in [7, 11) is 3.14. The summed E-state index contributed by atoms with van der Waals surface area (Å²) in [4.78, 5) is 11.3. The number of methoxy groups -OCH3 is 1. The van der Waals surface area contributed by atoms with Gasteiger partial charge in [-0.05, 0) is 26.1 Å². The van der Waals surface area contributed by atoms with Gasteiger partial charge in [0.1, 0.15) is 5.75 Å². The zero-order valence-corrected chi connectivity index (χ0v) is 10.9. The molecule has 0 heterocycles. The van der Waals surface area contributed by atoms with E-state index < -0.39 is 12.1 Å². The van der Waals surface area contributed by atoms with E-state index in [0.717, 1.165) is 5.56 Å². The number of esters is 1. The summed E-state index contributed by atoms with van der Waals surface area (Å²) >= 11 is 6.07. The van der Waals surface area contributed by atoms with Crippen LogP contribution in [0.25, 0.3) is 0 Å². The van der Waals surface area contributed by atoms with Gasteiger partial charge in [-0.1, -0.05) is 17.7 Å². The Kier molecular flexibility index (Phi) is 5.25. The maximum atomic E-state index is 11.3. The SMILES string of the molecule is CNCc1c(Cl)cccc1OC(C)C(=O)OC. The lowest BCUT2D eigenvalue weighted by atomic mass is 10.2. The zero-order valence-electron chi connectivity index (χ0n) is 10.1. The topological polar surface area (TPSA) is 47.6 Å². The summed E-state index contributed by atoms with van der Waals surface area (Å²) in [5.41, 5.74) is 0.826. The van der Waals surface area contributed by atoms with Crippen molar-refractivity contribution in [2.75, 3.05) is 14.2 Å². The number of hydrogen-bond acceptors (Lipinski definition) is 4. The van der Waals surface area contributed by atoms with Crippen molar-refractivity contribution in [3.63, 3.8) is 0 Å². The first-order valence-corrected chi connectivity index (χ1v) is 5.64. The van der Waals surface area contributed by atoms with E-state index in [4.69, 9.17) is 16.3 Å². The molecule has 0 fully saturated rings. The van der Waals surface area contributed by atoms with Gasteiger partial charge >= 0.3 is 5.97 Å². The Morgan fingerprint density at radius 2 is 2.24 bits per heavy atom. The van der Waals surface area contributed by atoms with E-state index in [-0.39, 0.29) is 0 Å². The number of hydrogen-bond donors (Lipinski definition) is 1. The molecule has 0 spiro atoms. The van der Waals surface area contributed by atoms with Gasteiger partial charge in [0, 0.05) is 17.1 Å². The van der Waals surface area contributed by atoms with Crippen LogP contribution >= 0.6 is 11.6 Å². The number of benzene rings is 1. The fourth-order valence-corrected chi connectivity index (χ4v) is 1.63. The summed E-state index contributed by atoms with van der Waals surface area (Å²) in [6, 6.07) is 5.34. The monoisotopic (exact) mass is 257 g/mol. The quantitative estimate of drug-likeness (QED) is 0.820. The molecule has 0 amide bonds. The van der Waals surface area contributed by atoms with Gasteiger partial charge in [0.05, 0.1) is 7.11 Å². The van der Waals surface area contributed by atoms with Crippen molar-refractivity contribution in [1.82, 2.24) is 5.32 Å². The van der Waals surface area contributed by atoms with E-state index in [2.05, 4.69) is 10.1 Å². The molecule has 1 atom stereocenters. The molecule has 0 aliphatic rings. The van der Waals surface area contributed by atoms with E-state index in [1.807, 2.05) is 7.05 Å². The first kappa shape index (κ1) is 13.8. The summed E-state index contributed by atoms with van der Waals surface area (Å²) in [5.74, 6) is 0.171. The van der Waals surface area contributed by atoms with Gasteiger partial charge in [-0.15, -0.1) is 0 Å². The molecule has 4 nitrogen and oxygen atoms in total. The van der Waals surface area contributed by atoms with E-state index in [1.165, 1.54) is 7.11 Å². The molecule has 17 heavy (non-hydrogen) atoms. The number of carbonyl (C=O) groups is 1. The molecule has 0 saturated heterocycles. The minimum absolute atomic E-state index is 0.416. The molecular formula is C12H16ClNO3. The van der Waals surface area contributed by atoms with E-state index in [0.29, 0.717) is 17.3 Å². The molecule has 0 aromatic heterocycles. The van der Waals surface area contributed by atoms with Crippen LogP contribution in [0.2, 0.25) is 5.02 Å². The van der Waals surface area contributed by atoms with Gasteiger partial charge < -0.3 is 14.8 Å². The van der Waals surface area contributed by atoms with E-state index in [1.54, 1.807) is 25.1 Å². The molecular weight excluding hydrogens is 242 g/mol. The maximum Gasteiger partial charge on any atom is 0.346 e. The second-order valence-electron chi connectivity index (χ2n) is 3.53. The Bertz CT molecular complexity index is 395. The van der Waals surface area contributed by atoms with Gasteiger partial charge in [-0.25, -0.2) is 4.79 Å². The second-order valence-corrected chi connectivity index (χ2v) is 3.94. The predicted octanol–water partition coefficient (Wildman–Crippen LogP) is 2.00. The van der Waals surface area contributed by atoms with E-state index in [9.17, 15) is 4.79 Å². The van der Waals surface area contributed by atoms with Crippen LogP contribution in [0.3, 0.4) is 0 Å².